The van der Waals surface area contributed by atoms with E-state index in [0.717, 1.165) is 37.7 Å². The first-order valence-corrected chi connectivity index (χ1v) is 10.3. The first-order valence-electron chi connectivity index (χ1n) is 9.92. The van der Waals surface area contributed by atoms with Gasteiger partial charge in [-0.3, -0.25) is 4.79 Å². The molecule has 5 nitrogen and oxygen atoms in total. The van der Waals surface area contributed by atoms with E-state index in [2.05, 4.69) is 10.3 Å². The molecule has 0 radical (unpaired) electrons. The number of esters is 1. The van der Waals surface area contributed by atoms with Crippen molar-refractivity contribution in [3.63, 3.8) is 0 Å². The van der Waals surface area contributed by atoms with E-state index < -0.39 is 0 Å². The summed E-state index contributed by atoms with van der Waals surface area (Å²) < 4.78 is 5.68. The molecule has 1 aromatic carbocycles. The van der Waals surface area contributed by atoms with Crippen molar-refractivity contribution in [2.75, 3.05) is 5.32 Å². The van der Waals surface area contributed by atoms with Gasteiger partial charge in [0.15, 0.2) is 5.70 Å². The maximum absolute atomic E-state index is 12.5. The van der Waals surface area contributed by atoms with Crippen LogP contribution >= 0.6 is 11.6 Å². The van der Waals surface area contributed by atoms with E-state index >= 15 is 0 Å². The molecule has 1 aromatic rings. The maximum Gasteiger partial charge on any atom is 0.363 e. The zero-order valence-electron chi connectivity index (χ0n) is 15.8. The van der Waals surface area contributed by atoms with Gasteiger partial charge in [-0.1, -0.05) is 12.1 Å². The molecule has 1 heterocycles. The lowest BCUT2D eigenvalue weighted by atomic mass is 9.49. The molecule has 6 heteroatoms. The topological polar surface area (TPSA) is 67.8 Å². The molecule has 1 aliphatic heterocycles. The highest BCUT2D eigenvalue weighted by molar-refractivity contribution is 6.24. The van der Waals surface area contributed by atoms with E-state index in [1.165, 1.54) is 13.3 Å². The number of halogens is 1. The van der Waals surface area contributed by atoms with Gasteiger partial charge in [-0.05, 0) is 74.1 Å². The number of cyclic esters (lactones) is 1. The van der Waals surface area contributed by atoms with E-state index in [-0.39, 0.29) is 22.2 Å². The molecule has 5 aliphatic rings. The Morgan fingerprint density at radius 1 is 1.21 bits per heavy atom. The molecule has 28 heavy (non-hydrogen) atoms. The minimum Gasteiger partial charge on any atom is -0.406 e. The molecule has 4 saturated carbocycles. The third-order valence-corrected chi connectivity index (χ3v) is 7.04. The third-order valence-electron chi connectivity index (χ3n) is 6.60. The number of nitrogens with one attached hydrogen (secondary N) is 1. The predicted molar refractivity (Wildman–Crippen MR) is 108 cm³/mol. The van der Waals surface area contributed by atoms with Crippen molar-refractivity contribution in [3.05, 3.63) is 35.5 Å². The second-order valence-corrected chi connectivity index (χ2v) is 9.83. The van der Waals surface area contributed by atoms with Crippen LogP contribution < -0.4 is 5.32 Å². The molecule has 4 atom stereocenters. The van der Waals surface area contributed by atoms with Gasteiger partial charge in [0.1, 0.15) is 0 Å². The van der Waals surface area contributed by atoms with E-state index in [1.807, 2.05) is 12.1 Å². The van der Waals surface area contributed by atoms with Crippen molar-refractivity contribution in [3.8, 4) is 0 Å². The van der Waals surface area contributed by atoms with Crippen LogP contribution in [0.5, 0.6) is 0 Å². The Labute approximate surface area is 169 Å². The second-order valence-electron chi connectivity index (χ2n) is 9.03. The van der Waals surface area contributed by atoms with Crippen LogP contribution in [0.1, 0.15) is 51.0 Å². The quantitative estimate of drug-likeness (QED) is 0.462. The predicted octanol–water partition coefficient (Wildman–Crippen LogP) is 4.52. The van der Waals surface area contributed by atoms with Gasteiger partial charge in [-0.15, -0.1) is 11.6 Å². The third kappa shape index (κ3) is 3.06. The van der Waals surface area contributed by atoms with Crippen LogP contribution in [-0.2, 0) is 14.3 Å². The highest BCUT2D eigenvalue weighted by Gasteiger charge is 2.60. The van der Waals surface area contributed by atoms with Gasteiger partial charge >= 0.3 is 5.97 Å². The van der Waals surface area contributed by atoms with Crippen LogP contribution in [-0.4, -0.2) is 22.6 Å². The summed E-state index contributed by atoms with van der Waals surface area (Å²) in [5, 5.41) is 2.73. The molecule has 2 unspecified atom stereocenters. The highest BCUT2D eigenvalue weighted by atomic mass is 35.5. The fourth-order valence-corrected chi connectivity index (χ4v) is 6.75. The molecule has 1 N–H and O–H groups in total. The minimum absolute atomic E-state index is 0.118. The standard InChI is InChI=1S/C22H23ClN2O3/c1-13(26)24-17-4-2-14(3-5-17)7-18-19(27)28-20(25-18)21-8-15-6-16(9-21)11-22(23,10-15)12-21/h2-5,7,15-16H,6,8-12H2,1H3,(H,24,26)/b18-7-/t15-,16+,21?,22?. The minimum atomic E-state index is -0.389. The molecule has 0 saturated heterocycles. The monoisotopic (exact) mass is 398 g/mol. The average molecular weight is 399 g/mol. The van der Waals surface area contributed by atoms with E-state index in [0.29, 0.717) is 29.1 Å². The Morgan fingerprint density at radius 2 is 1.89 bits per heavy atom. The Morgan fingerprint density at radius 3 is 2.50 bits per heavy atom. The molecule has 0 aromatic heterocycles. The van der Waals surface area contributed by atoms with Crippen molar-refractivity contribution < 1.29 is 14.3 Å². The Bertz CT molecular complexity index is 904. The van der Waals surface area contributed by atoms with Crippen LogP contribution in [0.3, 0.4) is 0 Å². The van der Waals surface area contributed by atoms with Crippen LogP contribution in [0.25, 0.3) is 6.08 Å². The van der Waals surface area contributed by atoms with Gasteiger partial charge in [0, 0.05) is 22.9 Å². The lowest BCUT2D eigenvalue weighted by Crippen LogP contribution is -2.56. The number of amides is 1. The number of nitrogens with zero attached hydrogens (tertiary/aromatic N) is 1. The number of carbonyl (C=O) groups is 2. The fourth-order valence-electron chi connectivity index (χ4n) is 6.06. The van der Waals surface area contributed by atoms with Gasteiger partial charge < -0.3 is 10.1 Å². The van der Waals surface area contributed by atoms with Crippen molar-refractivity contribution in [2.24, 2.45) is 22.2 Å². The molecule has 0 spiro atoms. The van der Waals surface area contributed by atoms with E-state index in [1.54, 1.807) is 18.2 Å². The molecular formula is C22H23ClN2O3. The molecule has 1 amide bonds. The average Bonchev–Trinajstić information content (AvgIpc) is 2.96. The summed E-state index contributed by atoms with van der Waals surface area (Å²) >= 11 is 6.91. The van der Waals surface area contributed by atoms with Gasteiger partial charge in [0.05, 0.1) is 0 Å². The maximum atomic E-state index is 12.5. The number of alkyl halides is 1. The molecule has 4 bridgehead atoms. The lowest BCUT2D eigenvalue weighted by Gasteiger charge is -2.59. The number of rotatable bonds is 3. The molecule has 6 rings (SSSR count). The molecule has 4 aliphatic carbocycles. The van der Waals surface area contributed by atoms with Crippen LogP contribution in [0.15, 0.2) is 35.0 Å². The van der Waals surface area contributed by atoms with E-state index in [9.17, 15) is 9.59 Å². The summed E-state index contributed by atoms with van der Waals surface area (Å²) in [4.78, 5) is 28.1. The number of aliphatic imine (C=N–C) groups is 1. The smallest absolute Gasteiger partial charge is 0.363 e. The second kappa shape index (κ2) is 6.18. The number of benzene rings is 1. The summed E-state index contributed by atoms with van der Waals surface area (Å²) in [5.74, 6) is 1.31. The van der Waals surface area contributed by atoms with Crippen molar-refractivity contribution in [2.45, 2.75) is 50.3 Å². The van der Waals surface area contributed by atoms with Gasteiger partial charge in [-0.2, -0.15) is 0 Å². The molecule has 4 fully saturated rings. The van der Waals surface area contributed by atoms with E-state index in [4.69, 9.17) is 16.3 Å². The summed E-state index contributed by atoms with van der Waals surface area (Å²) in [6.07, 6.45) is 8.07. The number of ether oxygens (including phenoxy) is 1. The largest absolute Gasteiger partial charge is 0.406 e. The lowest BCUT2D eigenvalue weighted by molar-refractivity contribution is -0.131. The molecular weight excluding hydrogens is 376 g/mol. The Hall–Kier alpha value is -2.14. The zero-order valence-corrected chi connectivity index (χ0v) is 16.6. The number of carbonyl (C=O) groups excluding carboxylic acids is 2. The summed E-state index contributed by atoms with van der Waals surface area (Å²) in [7, 11) is 0. The van der Waals surface area contributed by atoms with Crippen molar-refractivity contribution in [1.29, 1.82) is 0 Å². The zero-order chi connectivity index (χ0) is 19.5. The number of anilines is 1. The fraction of sp³-hybridized carbons (Fsp3) is 0.500. The van der Waals surface area contributed by atoms with Crippen LogP contribution in [0, 0.1) is 17.3 Å². The number of hydrogen-bond acceptors (Lipinski definition) is 4. The first-order chi connectivity index (χ1) is 13.3. The Kier molecular flexibility index (Phi) is 3.96. The van der Waals surface area contributed by atoms with Crippen LogP contribution in [0.4, 0.5) is 5.69 Å². The Balaban J connectivity index is 1.41. The summed E-state index contributed by atoms with van der Waals surface area (Å²) in [6, 6.07) is 7.29. The molecule has 146 valence electrons. The van der Waals surface area contributed by atoms with Crippen molar-refractivity contribution in [1.82, 2.24) is 0 Å². The van der Waals surface area contributed by atoms with Crippen molar-refractivity contribution >= 4 is 41.1 Å². The van der Waals surface area contributed by atoms with Gasteiger partial charge in [-0.25, -0.2) is 9.79 Å². The summed E-state index contributed by atoms with van der Waals surface area (Å²) in [5.41, 5.74) is 1.72. The SMILES string of the molecule is CC(=O)Nc1ccc(/C=C2\N=C(C34C[C@@H]5C[C@@H](CC(Cl)(C5)C3)C4)OC2=O)cc1. The number of hydrogen-bond donors (Lipinski definition) is 1. The first kappa shape index (κ1) is 17.9. The van der Waals surface area contributed by atoms with Gasteiger partial charge in [0.25, 0.3) is 0 Å². The van der Waals surface area contributed by atoms with Gasteiger partial charge in [0.2, 0.25) is 11.8 Å². The van der Waals surface area contributed by atoms with Crippen LogP contribution in [0.2, 0.25) is 0 Å². The summed E-state index contributed by atoms with van der Waals surface area (Å²) in [6.45, 7) is 1.47. The highest BCUT2D eigenvalue weighted by Crippen LogP contribution is 2.64. The normalized spacial score (nSPS) is 37.1.